The predicted molar refractivity (Wildman–Crippen MR) is 121 cm³/mol. The highest BCUT2D eigenvalue weighted by Crippen LogP contribution is 2.35. The van der Waals surface area contributed by atoms with Crippen molar-refractivity contribution in [1.82, 2.24) is 14.6 Å². The largest absolute Gasteiger partial charge is 0.497 e. The molecule has 0 bridgehead atoms. The van der Waals surface area contributed by atoms with Gasteiger partial charge in [-0.3, -0.25) is 4.79 Å². The van der Waals surface area contributed by atoms with Crippen LogP contribution in [0, 0.1) is 0 Å². The lowest BCUT2D eigenvalue weighted by molar-refractivity contribution is 0.0962. The lowest BCUT2D eigenvalue weighted by Gasteiger charge is -2.23. The second-order valence-corrected chi connectivity index (χ2v) is 8.29. The predicted octanol–water partition coefficient (Wildman–Crippen LogP) is 5.53. The molecule has 0 amide bonds. The third-order valence-electron chi connectivity index (χ3n) is 5.99. The monoisotopic (exact) mass is 431 g/mol. The number of nitrogens with zero attached hydrogens (tertiary/aromatic N) is 3. The van der Waals surface area contributed by atoms with Crippen molar-refractivity contribution in [1.29, 1.82) is 0 Å². The van der Waals surface area contributed by atoms with E-state index >= 15 is 0 Å². The van der Waals surface area contributed by atoms with Crippen LogP contribution in [0.4, 0.5) is 0 Å². The van der Waals surface area contributed by atoms with Gasteiger partial charge in [0.1, 0.15) is 5.75 Å². The quantitative estimate of drug-likeness (QED) is 0.426. The number of carbonyl (C=O) groups is 1. The molecule has 0 saturated carbocycles. The highest BCUT2D eigenvalue weighted by atomic mass is 35.5. The number of carbonyl (C=O) groups excluding carboxylic acids is 1. The SMILES string of the molecule is CCc1nn2cc3c(nc2c1-c1ccc(Cl)cc1)CC(c1ccc(OC)cc1)CC3=O. The summed E-state index contributed by atoms with van der Waals surface area (Å²) < 4.78 is 7.02. The van der Waals surface area contributed by atoms with Crippen molar-refractivity contribution in [2.75, 3.05) is 7.11 Å². The minimum Gasteiger partial charge on any atom is -0.497 e. The van der Waals surface area contributed by atoms with Crippen LogP contribution in [0.15, 0.2) is 54.7 Å². The van der Waals surface area contributed by atoms with Gasteiger partial charge < -0.3 is 4.74 Å². The Hall–Kier alpha value is -3.18. The van der Waals surface area contributed by atoms with Crippen molar-refractivity contribution in [3.8, 4) is 16.9 Å². The molecule has 5 rings (SSSR count). The van der Waals surface area contributed by atoms with Crippen LogP contribution in [0.1, 0.15) is 46.6 Å². The van der Waals surface area contributed by atoms with Gasteiger partial charge in [-0.2, -0.15) is 5.10 Å². The Morgan fingerprint density at radius 2 is 1.84 bits per heavy atom. The Bertz CT molecular complexity index is 1280. The Balaban J connectivity index is 1.60. The molecule has 0 spiro atoms. The molecule has 0 saturated heterocycles. The van der Waals surface area contributed by atoms with Gasteiger partial charge in [0.05, 0.1) is 24.1 Å². The summed E-state index contributed by atoms with van der Waals surface area (Å²) in [5.41, 5.74) is 6.39. The van der Waals surface area contributed by atoms with Crippen LogP contribution in [-0.4, -0.2) is 27.5 Å². The average Bonchev–Trinajstić information content (AvgIpc) is 3.16. The van der Waals surface area contributed by atoms with Crippen molar-refractivity contribution in [3.63, 3.8) is 0 Å². The van der Waals surface area contributed by atoms with Crippen LogP contribution in [0.5, 0.6) is 5.75 Å². The number of hydrogen-bond acceptors (Lipinski definition) is 4. The van der Waals surface area contributed by atoms with Crippen LogP contribution in [0.3, 0.4) is 0 Å². The van der Waals surface area contributed by atoms with Crippen molar-refractivity contribution in [2.45, 2.75) is 32.1 Å². The molecule has 4 aromatic rings. The van der Waals surface area contributed by atoms with Gasteiger partial charge in [0.25, 0.3) is 0 Å². The molecular formula is C25H22ClN3O2. The second kappa shape index (κ2) is 7.82. The summed E-state index contributed by atoms with van der Waals surface area (Å²) >= 11 is 6.09. The van der Waals surface area contributed by atoms with E-state index in [9.17, 15) is 4.79 Å². The molecule has 0 fully saturated rings. The number of aromatic nitrogens is 3. The standard InChI is InChI=1S/C25H22ClN3O2/c1-3-21-24(16-4-8-18(26)9-5-16)25-27-22-12-17(15-6-10-19(31-2)11-7-15)13-23(30)20(22)14-29(25)28-21/h4-11,14,17H,3,12-13H2,1-2H3. The Labute approximate surface area is 185 Å². The number of ether oxygens (including phenoxy) is 1. The molecule has 0 radical (unpaired) electrons. The molecule has 5 nitrogen and oxygen atoms in total. The van der Waals surface area contributed by atoms with Gasteiger partial charge in [-0.05, 0) is 54.2 Å². The molecule has 0 N–H and O–H groups in total. The van der Waals surface area contributed by atoms with Gasteiger partial charge >= 0.3 is 0 Å². The van der Waals surface area contributed by atoms with Gasteiger partial charge in [-0.15, -0.1) is 0 Å². The van der Waals surface area contributed by atoms with E-state index in [1.54, 1.807) is 11.6 Å². The zero-order valence-corrected chi connectivity index (χ0v) is 18.2. The smallest absolute Gasteiger partial charge is 0.166 e. The number of halogens is 1. The first kappa shape index (κ1) is 19.8. The molecule has 1 aliphatic rings. The number of rotatable bonds is 4. The molecule has 1 unspecified atom stereocenters. The van der Waals surface area contributed by atoms with Crippen LogP contribution in [0.2, 0.25) is 5.02 Å². The van der Waals surface area contributed by atoms with Crippen molar-refractivity contribution in [3.05, 3.63) is 82.3 Å². The maximum absolute atomic E-state index is 13.0. The van der Waals surface area contributed by atoms with E-state index in [1.807, 2.05) is 54.7 Å². The van der Waals surface area contributed by atoms with E-state index in [1.165, 1.54) is 0 Å². The Kier molecular flexibility index (Phi) is 4.98. The molecule has 0 aliphatic heterocycles. The molecule has 2 heterocycles. The lowest BCUT2D eigenvalue weighted by Crippen LogP contribution is -2.21. The number of Topliss-reactive ketones (excluding diaryl/α,β-unsaturated/α-hetero) is 1. The van der Waals surface area contributed by atoms with E-state index in [0.29, 0.717) is 17.0 Å². The molecule has 31 heavy (non-hydrogen) atoms. The number of fused-ring (bicyclic) bond motifs is 2. The fraction of sp³-hybridized carbons (Fsp3) is 0.240. The zero-order chi connectivity index (χ0) is 21.5. The minimum atomic E-state index is 0.105. The zero-order valence-electron chi connectivity index (χ0n) is 17.4. The second-order valence-electron chi connectivity index (χ2n) is 7.85. The average molecular weight is 432 g/mol. The molecular weight excluding hydrogens is 410 g/mol. The van der Waals surface area contributed by atoms with Gasteiger partial charge in [-0.1, -0.05) is 42.8 Å². The van der Waals surface area contributed by atoms with E-state index in [-0.39, 0.29) is 11.7 Å². The number of benzene rings is 2. The molecule has 156 valence electrons. The van der Waals surface area contributed by atoms with Crippen molar-refractivity contribution >= 4 is 23.0 Å². The van der Waals surface area contributed by atoms with Gasteiger partial charge in [0.2, 0.25) is 0 Å². The minimum absolute atomic E-state index is 0.105. The number of hydrogen-bond donors (Lipinski definition) is 0. The van der Waals surface area contributed by atoms with Crippen LogP contribution >= 0.6 is 11.6 Å². The van der Waals surface area contributed by atoms with Crippen LogP contribution in [-0.2, 0) is 12.8 Å². The van der Waals surface area contributed by atoms with Crippen LogP contribution < -0.4 is 4.74 Å². The number of methoxy groups -OCH3 is 1. The van der Waals surface area contributed by atoms with Crippen molar-refractivity contribution in [2.24, 2.45) is 0 Å². The molecule has 6 heteroatoms. The summed E-state index contributed by atoms with van der Waals surface area (Å²) in [5, 5.41) is 5.42. The topological polar surface area (TPSA) is 56.5 Å². The normalized spacial score (nSPS) is 15.8. The summed E-state index contributed by atoms with van der Waals surface area (Å²) in [6, 6.07) is 15.7. The van der Waals surface area contributed by atoms with E-state index < -0.39 is 0 Å². The van der Waals surface area contributed by atoms with Gasteiger partial charge in [0, 0.05) is 23.2 Å². The van der Waals surface area contributed by atoms with E-state index in [2.05, 4.69) is 6.92 Å². The molecule has 2 aromatic heterocycles. The Morgan fingerprint density at radius 1 is 1.10 bits per heavy atom. The third-order valence-corrected chi connectivity index (χ3v) is 6.24. The highest BCUT2D eigenvalue weighted by Gasteiger charge is 2.29. The summed E-state index contributed by atoms with van der Waals surface area (Å²) in [4.78, 5) is 17.9. The number of ketones is 1. The van der Waals surface area contributed by atoms with Gasteiger partial charge in [-0.25, -0.2) is 9.50 Å². The van der Waals surface area contributed by atoms with E-state index in [0.717, 1.165) is 52.3 Å². The summed E-state index contributed by atoms with van der Waals surface area (Å²) in [7, 11) is 1.65. The Morgan fingerprint density at radius 3 is 2.52 bits per heavy atom. The summed E-state index contributed by atoms with van der Waals surface area (Å²) in [6.45, 7) is 2.08. The first-order valence-corrected chi connectivity index (χ1v) is 10.8. The van der Waals surface area contributed by atoms with Gasteiger partial charge in [0.15, 0.2) is 11.4 Å². The maximum atomic E-state index is 13.0. The van der Waals surface area contributed by atoms with Crippen LogP contribution in [0.25, 0.3) is 16.8 Å². The molecule has 1 aliphatic carbocycles. The molecule has 2 aromatic carbocycles. The molecule has 1 atom stereocenters. The maximum Gasteiger partial charge on any atom is 0.166 e. The lowest BCUT2D eigenvalue weighted by atomic mass is 9.82. The first-order valence-electron chi connectivity index (χ1n) is 10.4. The highest BCUT2D eigenvalue weighted by molar-refractivity contribution is 6.30. The summed E-state index contributed by atoms with van der Waals surface area (Å²) in [6.07, 6.45) is 3.81. The fourth-order valence-electron chi connectivity index (χ4n) is 4.35. The summed E-state index contributed by atoms with van der Waals surface area (Å²) in [5.74, 6) is 1.02. The van der Waals surface area contributed by atoms with Crippen molar-refractivity contribution < 1.29 is 9.53 Å². The fourth-order valence-corrected chi connectivity index (χ4v) is 4.48. The first-order chi connectivity index (χ1) is 15.1. The van der Waals surface area contributed by atoms with E-state index in [4.69, 9.17) is 26.4 Å². The third kappa shape index (κ3) is 3.49. The number of aryl methyl sites for hydroxylation is 1.